The average Bonchev–Trinajstić information content (AvgIpc) is 3.74. The van der Waals surface area contributed by atoms with Gasteiger partial charge in [0.15, 0.2) is 5.82 Å². The van der Waals surface area contributed by atoms with Gasteiger partial charge in [0.25, 0.3) is 0 Å². The van der Waals surface area contributed by atoms with E-state index in [1.807, 2.05) is 24.3 Å². The van der Waals surface area contributed by atoms with Gasteiger partial charge in [0.2, 0.25) is 0 Å². The van der Waals surface area contributed by atoms with E-state index < -0.39 is 0 Å². The minimum absolute atomic E-state index is 0.738. The lowest BCUT2D eigenvalue weighted by Gasteiger charge is -2.14. The molecule has 3 aromatic heterocycles. The topological polar surface area (TPSA) is 30.7 Å². The molecule has 0 N–H and O–H groups in total. The van der Waals surface area contributed by atoms with Gasteiger partial charge in [0.05, 0.1) is 26.9 Å². The molecule has 0 spiro atoms. The van der Waals surface area contributed by atoms with Crippen LogP contribution in [0.25, 0.3) is 92.7 Å². The minimum Gasteiger partial charge on any atom is -0.309 e. The molecule has 3 heterocycles. The monoisotopic (exact) mass is 655 g/mol. The van der Waals surface area contributed by atoms with E-state index in [-0.39, 0.29) is 0 Å². The highest BCUT2D eigenvalue weighted by atomic mass is 32.1. The molecule has 10 rings (SSSR count). The van der Waals surface area contributed by atoms with Gasteiger partial charge in [-0.2, -0.15) is 0 Å². The largest absolute Gasteiger partial charge is 0.309 e. The Hall–Kier alpha value is -6.36. The number of aromatic nitrogens is 3. The summed E-state index contributed by atoms with van der Waals surface area (Å²) in [6.07, 6.45) is 0. The van der Waals surface area contributed by atoms with Crippen molar-refractivity contribution >= 4 is 53.4 Å². The fourth-order valence-electron chi connectivity index (χ4n) is 7.24. The molecule has 3 nitrogen and oxygen atoms in total. The van der Waals surface area contributed by atoms with Crippen molar-refractivity contribution in [2.75, 3.05) is 0 Å². The van der Waals surface area contributed by atoms with E-state index in [1.54, 1.807) is 11.3 Å². The van der Waals surface area contributed by atoms with Crippen LogP contribution in [0.1, 0.15) is 0 Å². The van der Waals surface area contributed by atoms with Gasteiger partial charge in [-0.25, -0.2) is 9.97 Å². The van der Waals surface area contributed by atoms with Crippen LogP contribution >= 0.6 is 11.3 Å². The van der Waals surface area contributed by atoms with Crippen molar-refractivity contribution in [2.45, 2.75) is 0 Å². The second-order valence-electron chi connectivity index (χ2n) is 12.6. The highest BCUT2D eigenvalue weighted by Gasteiger charge is 2.18. The third kappa shape index (κ3) is 4.73. The summed E-state index contributed by atoms with van der Waals surface area (Å²) in [4.78, 5) is 10.4. The molecule has 0 bridgehead atoms. The minimum atomic E-state index is 0.738. The lowest BCUT2D eigenvalue weighted by Crippen LogP contribution is -1.96. The second kappa shape index (κ2) is 11.7. The molecule has 0 atom stereocenters. The highest BCUT2D eigenvalue weighted by Crippen LogP contribution is 2.42. The van der Waals surface area contributed by atoms with Crippen LogP contribution in [0, 0.1) is 0 Å². The van der Waals surface area contributed by atoms with Crippen molar-refractivity contribution in [3.8, 4) is 50.6 Å². The van der Waals surface area contributed by atoms with E-state index in [1.165, 1.54) is 37.6 Å². The lowest BCUT2D eigenvalue weighted by atomic mass is 9.97. The predicted octanol–water partition coefficient (Wildman–Crippen LogP) is 12.6. The summed E-state index contributed by atoms with van der Waals surface area (Å²) in [5, 5.41) is 3.65. The third-order valence-electron chi connectivity index (χ3n) is 9.59. The summed E-state index contributed by atoms with van der Waals surface area (Å²) in [5.74, 6) is 0.738. The Balaban J connectivity index is 1.23. The summed E-state index contributed by atoms with van der Waals surface area (Å²) in [6.45, 7) is 0. The van der Waals surface area contributed by atoms with E-state index in [9.17, 15) is 0 Å². The van der Waals surface area contributed by atoms with Crippen LogP contribution in [0.3, 0.4) is 0 Å². The Morgan fingerprint density at radius 1 is 0.400 bits per heavy atom. The summed E-state index contributed by atoms with van der Waals surface area (Å²) < 4.78 is 4.71. The summed E-state index contributed by atoms with van der Waals surface area (Å²) >= 11 is 1.77. The second-order valence-corrected chi connectivity index (χ2v) is 13.7. The van der Waals surface area contributed by atoms with Crippen LogP contribution in [0.5, 0.6) is 0 Å². The van der Waals surface area contributed by atoms with Crippen molar-refractivity contribution in [3.05, 3.63) is 176 Å². The van der Waals surface area contributed by atoms with Crippen molar-refractivity contribution < 1.29 is 0 Å². The number of fused-ring (bicyclic) bond motifs is 6. The molecule has 0 saturated carbocycles. The Kier molecular flexibility index (Phi) is 6.68. The Morgan fingerprint density at radius 2 is 0.960 bits per heavy atom. The number of benzene rings is 7. The zero-order chi connectivity index (χ0) is 33.0. The van der Waals surface area contributed by atoms with Gasteiger partial charge in [-0.15, -0.1) is 11.3 Å². The number of rotatable bonds is 5. The molecule has 50 heavy (non-hydrogen) atoms. The van der Waals surface area contributed by atoms with Gasteiger partial charge in [0, 0.05) is 37.7 Å². The van der Waals surface area contributed by atoms with Gasteiger partial charge in [0.1, 0.15) is 0 Å². The van der Waals surface area contributed by atoms with Crippen molar-refractivity contribution in [1.29, 1.82) is 0 Å². The van der Waals surface area contributed by atoms with E-state index in [4.69, 9.17) is 9.97 Å². The highest BCUT2D eigenvalue weighted by molar-refractivity contribution is 7.26. The van der Waals surface area contributed by atoms with Crippen molar-refractivity contribution in [3.63, 3.8) is 0 Å². The maximum atomic E-state index is 5.24. The molecule has 0 radical (unpaired) electrons. The predicted molar refractivity (Wildman–Crippen MR) is 211 cm³/mol. The van der Waals surface area contributed by atoms with Gasteiger partial charge in [-0.3, -0.25) is 0 Å². The number of nitrogens with zero attached hydrogens (tertiary/aromatic N) is 3. The van der Waals surface area contributed by atoms with Gasteiger partial charge >= 0.3 is 0 Å². The summed E-state index contributed by atoms with van der Waals surface area (Å²) in [7, 11) is 0. The third-order valence-corrected chi connectivity index (χ3v) is 10.8. The van der Waals surface area contributed by atoms with Crippen LogP contribution < -0.4 is 0 Å². The molecule has 0 unspecified atom stereocenters. The van der Waals surface area contributed by atoms with Crippen LogP contribution in [0.15, 0.2) is 176 Å². The Morgan fingerprint density at radius 3 is 1.62 bits per heavy atom. The molecule has 4 heteroatoms. The average molecular weight is 656 g/mol. The first kappa shape index (κ1) is 28.6. The van der Waals surface area contributed by atoms with Crippen molar-refractivity contribution in [1.82, 2.24) is 14.5 Å². The normalized spacial score (nSPS) is 11.6. The molecule has 0 aliphatic carbocycles. The maximum Gasteiger partial charge on any atom is 0.160 e. The summed E-state index contributed by atoms with van der Waals surface area (Å²) in [5.41, 5.74) is 12.3. The molecule has 7 aromatic carbocycles. The number of para-hydroxylation sites is 2. The van der Waals surface area contributed by atoms with Crippen LogP contribution in [-0.4, -0.2) is 14.5 Å². The standard InChI is InChI=1S/C46H29N3S/c1-4-14-30(15-5-1)34-26-35(28-36(27-34)49-40-22-12-10-20-37(40)38-21-11-13-23-41(38)49)33-24-25-42-39(29-33)44-45(50-42)43(31-16-6-2-7-17-31)47-46(48-44)32-18-8-3-9-19-32/h1-29H. The van der Waals surface area contributed by atoms with E-state index in [0.717, 1.165) is 55.1 Å². The first-order valence-corrected chi connectivity index (χ1v) is 17.6. The number of thiophene rings is 1. The zero-order valence-corrected chi connectivity index (χ0v) is 27.8. The number of hydrogen-bond donors (Lipinski definition) is 0. The van der Waals surface area contributed by atoms with E-state index >= 15 is 0 Å². The van der Waals surface area contributed by atoms with Crippen LogP contribution in [-0.2, 0) is 0 Å². The molecule has 0 saturated heterocycles. The van der Waals surface area contributed by atoms with Gasteiger partial charge < -0.3 is 4.57 Å². The Labute approximate surface area is 293 Å². The first-order valence-electron chi connectivity index (χ1n) is 16.8. The molecule has 234 valence electrons. The molecule has 0 aliphatic rings. The van der Waals surface area contributed by atoms with Gasteiger partial charge in [-0.05, 0) is 64.7 Å². The molecule has 10 aromatic rings. The molecular weight excluding hydrogens is 627 g/mol. The molecule has 0 fully saturated rings. The zero-order valence-electron chi connectivity index (χ0n) is 27.0. The first-order chi connectivity index (χ1) is 24.8. The van der Waals surface area contributed by atoms with Crippen LogP contribution in [0.4, 0.5) is 0 Å². The molecule has 0 aliphatic heterocycles. The van der Waals surface area contributed by atoms with E-state index in [0.29, 0.717) is 0 Å². The molecular formula is C46H29N3S. The quantitative estimate of drug-likeness (QED) is 0.185. The van der Waals surface area contributed by atoms with Gasteiger partial charge in [-0.1, -0.05) is 133 Å². The fourth-order valence-corrected chi connectivity index (χ4v) is 8.37. The smallest absolute Gasteiger partial charge is 0.160 e. The fraction of sp³-hybridized carbons (Fsp3) is 0. The Bertz CT molecular complexity index is 2800. The number of hydrogen-bond acceptors (Lipinski definition) is 3. The summed E-state index contributed by atoms with van der Waals surface area (Å²) in [6, 6.07) is 62.7. The van der Waals surface area contributed by atoms with Crippen LogP contribution in [0.2, 0.25) is 0 Å². The lowest BCUT2D eigenvalue weighted by molar-refractivity contribution is 1.18. The van der Waals surface area contributed by atoms with E-state index in [2.05, 4.69) is 156 Å². The SMILES string of the molecule is c1ccc(-c2cc(-c3ccc4sc5c(-c6ccccc6)nc(-c6ccccc6)nc5c4c3)cc(-n3c4ccccc4c4ccccc43)c2)cc1. The van der Waals surface area contributed by atoms with Crippen molar-refractivity contribution in [2.24, 2.45) is 0 Å². The maximum absolute atomic E-state index is 5.24. The molecule has 0 amide bonds.